The molecule has 1 saturated heterocycles. The van der Waals surface area contributed by atoms with E-state index in [1.807, 2.05) is 0 Å². The number of nitrogens with two attached hydrogens (primary N) is 1. The van der Waals surface area contributed by atoms with Crippen molar-refractivity contribution in [3.8, 4) is 0 Å². The topological polar surface area (TPSA) is 47.7 Å². The number of likely N-dealkylation sites (tertiary alicyclic amines) is 1. The van der Waals surface area contributed by atoms with Gasteiger partial charge in [0.25, 0.3) is 0 Å². The second kappa shape index (κ2) is 8.05. The molecule has 1 aliphatic rings. The van der Waals surface area contributed by atoms with Crippen LogP contribution in [0.4, 0.5) is 0 Å². The molecule has 4 heteroatoms. The van der Waals surface area contributed by atoms with Crippen molar-refractivity contribution in [1.82, 2.24) is 4.90 Å². The quantitative estimate of drug-likeness (QED) is 0.594. The Kier molecular flexibility index (Phi) is 6.92. The van der Waals surface area contributed by atoms with Crippen molar-refractivity contribution in [2.24, 2.45) is 11.7 Å². The number of nitrogens with zero attached hydrogens (tertiary/aromatic N) is 1. The predicted molar refractivity (Wildman–Crippen MR) is 60.9 cm³/mol. The van der Waals surface area contributed by atoms with Gasteiger partial charge in [0.15, 0.2) is 0 Å². The van der Waals surface area contributed by atoms with Crippen molar-refractivity contribution in [1.29, 1.82) is 0 Å². The van der Waals surface area contributed by atoms with Crippen LogP contribution in [0.5, 0.6) is 0 Å². The number of hydrogen-bond donors (Lipinski definition) is 1. The van der Waals surface area contributed by atoms with Gasteiger partial charge < -0.3 is 20.1 Å². The van der Waals surface area contributed by atoms with Gasteiger partial charge in [-0.3, -0.25) is 0 Å². The van der Waals surface area contributed by atoms with Gasteiger partial charge in [-0.1, -0.05) is 0 Å². The fourth-order valence-electron chi connectivity index (χ4n) is 2.03. The van der Waals surface area contributed by atoms with Crippen LogP contribution in [-0.2, 0) is 9.47 Å². The van der Waals surface area contributed by atoms with Gasteiger partial charge in [-0.05, 0) is 31.8 Å². The highest BCUT2D eigenvalue weighted by molar-refractivity contribution is 4.75. The summed E-state index contributed by atoms with van der Waals surface area (Å²) in [6.45, 7) is 6.49. The molecule has 0 spiro atoms. The van der Waals surface area contributed by atoms with Gasteiger partial charge in [-0.2, -0.15) is 0 Å². The Hall–Kier alpha value is -0.160. The van der Waals surface area contributed by atoms with E-state index in [0.717, 1.165) is 25.6 Å². The molecule has 0 aliphatic carbocycles. The third-order valence-electron chi connectivity index (χ3n) is 2.93. The first-order chi connectivity index (χ1) is 7.36. The van der Waals surface area contributed by atoms with Gasteiger partial charge in [0.2, 0.25) is 0 Å². The SMILES string of the molecule is COCCOCCN1CCC(CCN)C1. The van der Waals surface area contributed by atoms with Crippen molar-refractivity contribution in [3.63, 3.8) is 0 Å². The van der Waals surface area contributed by atoms with E-state index >= 15 is 0 Å². The van der Waals surface area contributed by atoms with Crippen molar-refractivity contribution < 1.29 is 9.47 Å². The van der Waals surface area contributed by atoms with Gasteiger partial charge in [-0.25, -0.2) is 0 Å². The second-order valence-electron chi connectivity index (χ2n) is 4.14. The maximum absolute atomic E-state index is 5.55. The molecule has 0 saturated carbocycles. The molecule has 0 aromatic carbocycles. The van der Waals surface area contributed by atoms with Crippen LogP contribution in [-0.4, -0.2) is 58.0 Å². The molecular weight excluding hydrogens is 192 g/mol. The molecule has 0 aromatic rings. The third-order valence-corrected chi connectivity index (χ3v) is 2.93. The van der Waals surface area contributed by atoms with Crippen LogP contribution >= 0.6 is 0 Å². The zero-order chi connectivity index (χ0) is 10.9. The number of ether oxygens (including phenoxy) is 2. The Morgan fingerprint density at radius 1 is 1.33 bits per heavy atom. The van der Waals surface area contributed by atoms with Crippen molar-refractivity contribution in [2.75, 3.05) is 53.1 Å². The fourth-order valence-corrected chi connectivity index (χ4v) is 2.03. The van der Waals surface area contributed by atoms with E-state index in [-0.39, 0.29) is 0 Å². The van der Waals surface area contributed by atoms with Crippen LogP contribution in [0.2, 0.25) is 0 Å². The van der Waals surface area contributed by atoms with Crippen LogP contribution in [0.15, 0.2) is 0 Å². The summed E-state index contributed by atoms with van der Waals surface area (Å²) >= 11 is 0. The molecular formula is C11H24N2O2. The monoisotopic (exact) mass is 216 g/mol. The minimum absolute atomic E-state index is 0.690. The molecule has 0 bridgehead atoms. The average Bonchev–Trinajstić information content (AvgIpc) is 2.66. The largest absolute Gasteiger partial charge is 0.382 e. The fraction of sp³-hybridized carbons (Fsp3) is 1.00. The van der Waals surface area contributed by atoms with E-state index in [4.69, 9.17) is 15.2 Å². The van der Waals surface area contributed by atoms with Gasteiger partial charge in [-0.15, -0.1) is 0 Å². The van der Waals surface area contributed by atoms with Gasteiger partial charge >= 0.3 is 0 Å². The first kappa shape index (κ1) is 12.9. The zero-order valence-electron chi connectivity index (χ0n) is 9.78. The minimum Gasteiger partial charge on any atom is -0.382 e. The molecule has 15 heavy (non-hydrogen) atoms. The molecule has 1 atom stereocenters. The highest BCUT2D eigenvalue weighted by Crippen LogP contribution is 2.18. The number of methoxy groups -OCH3 is 1. The van der Waals surface area contributed by atoms with Crippen LogP contribution in [0.25, 0.3) is 0 Å². The molecule has 90 valence electrons. The van der Waals surface area contributed by atoms with E-state index in [2.05, 4.69) is 4.90 Å². The molecule has 1 unspecified atom stereocenters. The van der Waals surface area contributed by atoms with Crippen LogP contribution in [0.1, 0.15) is 12.8 Å². The number of hydrogen-bond acceptors (Lipinski definition) is 4. The van der Waals surface area contributed by atoms with Gasteiger partial charge in [0.05, 0.1) is 19.8 Å². The Bertz CT molecular complexity index is 156. The van der Waals surface area contributed by atoms with Crippen molar-refractivity contribution in [3.05, 3.63) is 0 Å². The summed E-state index contributed by atoms with van der Waals surface area (Å²) in [5.41, 5.74) is 5.55. The summed E-state index contributed by atoms with van der Waals surface area (Å²) in [5, 5.41) is 0. The van der Waals surface area contributed by atoms with Crippen LogP contribution in [0.3, 0.4) is 0 Å². The smallest absolute Gasteiger partial charge is 0.0700 e. The Morgan fingerprint density at radius 3 is 2.93 bits per heavy atom. The third kappa shape index (κ3) is 5.47. The molecule has 0 amide bonds. The number of rotatable bonds is 8. The van der Waals surface area contributed by atoms with Crippen molar-refractivity contribution >= 4 is 0 Å². The second-order valence-corrected chi connectivity index (χ2v) is 4.14. The normalized spacial score (nSPS) is 22.4. The summed E-state index contributed by atoms with van der Waals surface area (Å²) in [6, 6.07) is 0. The lowest BCUT2D eigenvalue weighted by molar-refractivity contribution is 0.0599. The Labute approximate surface area is 92.7 Å². The molecule has 1 heterocycles. The molecule has 1 aliphatic heterocycles. The molecule has 0 radical (unpaired) electrons. The predicted octanol–water partition coefficient (Wildman–Crippen LogP) is 0.320. The molecule has 0 aromatic heterocycles. The minimum atomic E-state index is 0.690. The Balaban J connectivity index is 1.94. The summed E-state index contributed by atoms with van der Waals surface area (Å²) in [5.74, 6) is 0.814. The zero-order valence-corrected chi connectivity index (χ0v) is 9.78. The summed E-state index contributed by atoms with van der Waals surface area (Å²) < 4.78 is 10.4. The lowest BCUT2D eigenvalue weighted by Gasteiger charge is -2.15. The van der Waals surface area contributed by atoms with Crippen LogP contribution < -0.4 is 5.73 Å². The first-order valence-electron chi connectivity index (χ1n) is 5.86. The first-order valence-corrected chi connectivity index (χ1v) is 5.86. The van der Waals surface area contributed by atoms with E-state index < -0.39 is 0 Å². The summed E-state index contributed by atoms with van der Waals surface area (Å²) in [6.07, 6.45) is 2.47. The summed E-state index contributed by atoms with van der Waals surface area (Å²) in [7, 11) is 1.70. The molecule has 2 N–H and O–H groups in total. The van der Waals surface area contributed by atoms with E-state index in [0.29, 0.717) is 13.2 Å². The summed E-state index contributed by atoms with van der Waals surface area (Å²) in [4.78, 5) is 2.47. The van der Waals surface area contributed by atoms with E-state index in [1.165, 1.54) is 25.9 Å². The molecule has 4 nitrogen and oxygen atoms in total. The highest BCUT2D eigenvalue weighted by atomic mass is 16.5. The van der Waals surface area contributed by atoms with Gasteiger partial charge in [0, 0.05) is 20.2 Å². The molecule has 1 fully saturated rings. The Morgan fingerprint density at radius 2 is 2.20 bits per heavy atom. The average molecular weight is 216 g/mol. The molecule has 1 rings (SSSR count). The van der Waals surface area contributed by atoms with E-state index in [9.17, 15) is 0 Å². The van der Waals surface area contributed by atoms with Gasteiger partial charge in [0.1, 0.15) is 0 Å². The lowest BCUT2D eigenvalue weighted by Crippen LogP contribution is -2.26. The standard InChI is InChI=1S/C11H24N2O2/c1-14-8-9-15-7-6-13-5-3-11(10-13)2-4-12/h11H,2-10,12H2,1H3. The maximum atomic E-state index is 5.55. The maximum Gasteiger partial charge on any atom is 0.0700 e. The van der Waals surface area contributed by atoms with E-state index in [1.54, 1.807) is 7.11 Å². The highest BCUT2D eigenvalue weighted by Gasteiger charge is 2.20. The van der Waals surface area contributed by atoms with Crippen molar-refractivity contribution in [2.45, 2.75) is 12.8 Å². The lowest BCUT2D eigenvalue weighted by atomic mass is 10.1. The van der Waals surface area contributed by atoms with Crippen LogP contribution in [0, 0.1) is 5.92 Å².